The molecule has 0 spiro atoms. The largest absolute Gasteiger partial charge is 0.478 e. The molecule has 1 N–H and O–H groups in total. The molecule has 2 heterocycles. The SMILES string of the molecule is Cc1c(C(=O)O)cnc2c(C3CCC3)nnn12. The van der Waals surface area contributed by atoms with Gasteiger partial charge in [-0.2, -0.15) is 4.52 Å². The van der Waals surface area contributed by atoms with Gasteiger partial charge in [-0.1, -0.05) is 11.6 Å². The maximum absolute atomic E-state index is 11.0. The van der Waals surface area contributed by atoms with Crippen LogP contribution in [0.2, 0.25) is 0 Å². The Morgan fingerprint density at radius 3 is 2.88 bits per heavy atom. The number of carboxylic acids is 1. The molecular formula is C11H12N4O2. The highest BCUT2D eigenvalue weighted by atomic mass is 16.4. The van der Waals surface area contributed by atoms with Crippen molar-refractivity contribution in [3.63, 3.8) is 0 Å². The van der Waals surface area contributed by atoms with Crippen molar-refractivity contribution in [2.75, 3.05) is 0 Å². The summed E-state index contributed by atoms with van der Waals surface area (Å²) in [5, 5.41) is 17.1. The fraction of sp³-hybridized carbons (Fsp3) is 0.455. The van der Waals surface area contributed by atoms with Crippen LogP contribution in [0, 0.1) is 6.92 Å². The van der Waals surface area contributed by atoms with E-state index in [0.29, 0.717) is 17.3 Å². The van der Waals surface area contributed by atoms with E-state index in [4.69, 9.17) is 5.11 Å². The average Bonchev–Trinajstić information content (AvgIpc) is 2.60. The van der Waals surface area contributed by atoms with Crippen LogP contribution >= 0.6 is 0 Å². The monoisotopic (exact) mass is 232 g/mol. The molecule has 0 saturated heterocycles. The van der Waals surface area contributed by atoms with Crippen molar-refractivity contribution < 1.29 is 9.90 Å². The number of hydrogen-bond acceptors (Lipinski definition) is 4. The fourth-order valence-corrected chi connectivity index (χ4v) is 2.12. The summed E-state index contributed by atoms with van der Waals surface area (Å²) in [5.74, 6) is -0.548. The molecule has 0 atom stereocenters. The number of rotatable bonds is 2. The van der Waals surface area contributed by atoms with Crippen molar-refractivity contribution in [1.82, 2.24) is 19.8 Å². The van der Waals surface area contributed by atoms with E-state index < -0.39 is 5.97 Å². The summed E-state index contributed by atoms with van der Waals surface area (Å²) in [6.07, 6.45) is 4.85. The van der Waals surface area contributed by atoms with Crippen LogP contribution in [-0.4, -0.2) is 30.9 Å². The Kier molecular flexibility index (Phi) is 2.10. The fourth-order valence-electron chi connectivity index (χ4n) is 2.12. The number of aromatic carboxylic acids is 1. The molecule has 0 unspecified atom stereocenters. The minimum absolute atomic E-state index is 0.169. The van der Waals surface area contributed by atoms with Crippen molar-refractivity contribution in [3.8, 4) is 0 Å². The van der Waals surface area contributed by atoms with Gasteiger partial charge in [0.15, 0.2) is 5.65 Å². The smallest absolute Gasteiger partial charge is 0.339 e. The normalized spacial score (nSPS) is 16.1. The van der Waals surface area contributed by atoms with Gasteiger partial charge in [0.1, 0.15) is 5.69 Å². The predicted octanol–water partition coefficient (Wildman–Crippen LogP) is 1.40. The Balaban J connectivity index is 2.18. The molecule has 0 aromatic carbocycles. The molecule has 2 aromatic rings. The Bertz CT molecular complexity index is 601. The summed E-state index contributed by atoms with van der Waals surface area (Å²) in [7, 11) is 0. The minimum Gasteiger partial charge on any atom is -0.478 e. The molecule has 0 amide bonds. The zero-order chi connectivity index (χ0) is 12.0. The Morgan fingerprint density at radius 1 is 1.53 bits per heavy atom. The third-order valence-corrected chi connectivity index (χ3v) is 3.42. The molecule has 6 nitrogen and oxygen atoms in total. The van der Waals surface area contributed by atoms with Crippen LogP contribution in [-0.2, 0) is 0 Å². The second kappa shape index (κ2) is 3.51. The zero-order valence-electron chi connectivity index (χ0n) is 9.42. The van der Waals surface area contributed by atoms with Gasteiger partial charge >= 0.3 is 5.97 Å². The van der Waals surface area contributed by atoms with Gasteiger partial charge in [-0.05, 0) is 19.8 Å². The number of fused-ring (bicyclic) bond motifs is 1. The van der Waals surface area contributed by atoms with E-state index in [-0.39, 0.29) is 5.56 Å². The maximum atomic E-state index is 11.0. The van der Waals surface area contributed by atoms with Crippen molar-refractivity contribution in [2.45, 2.75) is 32.1 Å². The first-order chi connectivity index (χ1) is 8.18. The van der Waals surface area contributed by atoms with Gasteiger partial charge in [-0.25, -0.2) is 9.78 Å². The second-order valence-corrected chi connectivity index (χ2v) is 4.40. The lowest BCUT2D eigenvalue weighted by Gasteiger charge is -2.22. The Morgan fingerprint density at radius 2 is 2.29 bits per heavy atom. The number of hydrogen-bond donors (Lipinski definition) is 1. The summed E-state index contributed by atoms with van der Waals surface area (Å²) >= 11 is 0. The van der Waals surface area contributed by atoms with Crippen LogP contribution < -0.4 is 0 Å². The molecule has 0 radical (unpaired) electrons. The minimum atomic E-state index is -0.988. The van der Waals surface area contributed by atoms with Crippen molar-refractivity contribution in [2.24, 2.45) is 0 Å². The molecule has 1 aliphatic rings. The number of carboxylic acid groups (broad SMARTS) is 1. The number of carbonyl (C=O) groups is 1. The zero-order valence-corrected chi connectivity index (χ0v) is 9.42. The maximum Gasteiger partial charge on any atom is 0.339 e. The Hall–Kier alpha value is -1.98. The molecule has 0 bridgehead atoms. The molecule has 0 aliphatic heterocycles. The highest BCUT2D eigenvalue weighted by Gasteiger charge is 2.26. The summed E-state index contributed by atoms with van der Waals surface area (Å²) in [6.45, 7) is 1.72. The predicted molar refractivity (Wildman–Crippen MR) is 59.1 cm³/mol. The lowest BCUT2D eigenvalue weighted by molar-refractivity contribution is 0.0695. The van der Waals surface area contributed by atoms with E-state index >= 15 is 0 Å². The van der Waals surface area contributed by atoms with E-state index in [1.54, 1.807) is 6.92 Å². The van der Waals surface area contributed by atoms with E-state index in [0.717, 1.165) is 18.5 Å². The number of aromatic nitrogens is 4. The van der Waals surface area contributed by atoms with E-state index in [1.807, 2.05) is 0 Å². The molecule has 17 heavy (non-hydrogen) atoms. The van der Waals surface area contributed by atoms with Crippen LogP contribution in [0.15, 0.2) is 6.20 Å². The number of nitrogens with zero attached hydrogens (tertiary/aromatic N) is 4. The van der Waals surface area contributed by atoms with Gasteiger partial charge in [0.2, 0.25) is 0 Å². The van der Waals surface area contributed by atoms with Gasteiger partial charge in [-0.15, -0.1) is 5.10 Å². The molecule has 1 aliphatic carbocycles. The second-order valence-electron chi connectivity index (χ2n) is 4.40. The molecule has 6 heteroatoms. The summed E-state index contributed by atoms with van der Waals surface area (Å²) in [5.41, 5.74) is 2.33. The van der Waals surface area contributed by atoms with Crippen LogP contribution in [0.3, 0.4) is 0 Å². The van der Waals surface area contributed by atoms with Gasteiger partial charge in [-0.3, -0.25) is 0 Å². The van der Waals surface area contributed by atoms with Crippen molar-refractivity contribution in [1.29, 1.82) is 0 Å². The topological polar surface area (TPSA) is 80.4 Å². The first kappa shape index (κ1) is 10.2. The lowest BCUT2D eigenvalue weighted by Crippen LogP contribution is -2.11. The summed E-state index contributed by atoms with van der Waals surface area (Å²) in [6, 6.07) is 0. The third kappa shape index (κ3) is 1.40. The molecule has 88 valence electrons. The summed E-state index contributed by atoms with van der Waals surface area (Å²) < 4.78 is 1.52. The van der Waals surface area contributed by atoms with Gasteiger partial charge in [0.05, 0.1) is 11.3 Å². The summed E-state index contributed by atoms with van der Waals surface area (Å²) in [4.78, 5) is 15.2. The molecule has 2 aromatic heterocycles. The standard InChI is InChI=1S/C11H12N4O2/c1-6-8(11(16)17)5-12-10-9(7-3-2-4-7)13-14-15(6)10/h5,7H,2-4H2,1H3,(H,16,17). The van der Waals surface area contributed by atoms with E-state index in [2.05, 4.69) is 15.3 Å². The third-order valence-electron chi connectivity index (χ3n) is 3.42. The van der Waals surface area contributed by atoms with Crippen molar-refractivity contribution >= 4 is 11.6 Å². The van der Waals surface area contributed by atoms with Gasteiger partial charge in [0, 0.05) is 12.1 Å². The van der Waals surface area contributed by atoms with Gasteiger partial charge in [0.25, 0.3) is 0 Å². The van der Waals surface area contributed by atoms with Crippen LogP contribution in [0.25, 0.3) is 5.65 Å². The van der Waals surface area contributed by atoms with Crippen LogP contribution in [0.4, 0.5) is 0 Å². The molecule has 1 saturated carbocycles. The quantitative estimate of drug-likeness (QED) is 0.846. The first-order valence-corrected chi connectivity index (χ1v) is 5.62. The Labute approximate surface area is 97.3 Å². The molecular weight excluding hydrogens is 220 g/mol. The highest BCUT2D eigenvalue weighted by Crippen LogP contribution is 2.36. The first-order valence-electron chi connectivity index (χ1n) is 5.62. The van der Waals surface area contributed by atoms with Crippen molar-refractivity contribution in [3.05, 3.63) is 23.1 Å². The number of aryl methyl sites for hydroxylation is 1. The van der Waals surface area contributed by atoms with Crippen LogP contribution in [0.5, 0.6) is 0 Å². The molecule has 3 rings (SSSR count). The van der Waals surface area contributed by atoms with E-state index in [9.17, 15) is 4.79 Å². The average molecular weight is 232 g/mol. The van der Waals surface area contributed by atoms with E-state index in [1.165, 1.54) is 17.1 Å². The van der Waals surface area contributed by atoms with Gasteiger partial charge < -0.3 is 5.11 Å². The highest BCUT2D eigenvalue weighted by molar-refractivity contribution is 5.88. The molecule has 1 fully saturated rings. The lowest BCUT2D eigenvalue weighted by atomic mass is 9.83. The van der Waals surface area contributed by atoms with Crippen LogP contribution in [0.1, 0.15) is 46.9 Å².